The van der Waals surface area contributed by atoms with Gasteiger partial charge in [0, 0.05) is 20.6 Å². The highest BCUT2D eigenvalue weighted by Crippen LogP contribution is 2.21. The minimum atomic E-state index is -3.37. The van der Waals surface area contributed by atoms with Gasteiger partial charge in [0.25, 0.3) is 10.0 Å². The average Bonchev–Trinajstić information content (AvgIpc) is 3.26. The summed E-state index contributed by atoms with van der Waals surface area (Å²) in [6.07, 6.45) is 1.47. The van der Waals surface area contributed by atoms with Crippen molar-refractivity contribution in [3.8, 4) is 11.3 Å². The third-order valence-corrected chi connectivity index (χ3v) is 7.30. The first kappa shape index (κ1) is 17.8. The molecular formula is C18H21N3O2S2. The van der Waals surface area contributed by atoms with Crippen LogP contribution in [0.2, 0.25) is 0 Å². The summed E-state index contributed by atoms with van der Waals surface area (Å²) >= 11 is 1.25. The lowest BCUT2D eigenvalue weighted by molar-refractivity contribution is 0.461. The van der Waals surface area contributed by atoms with Crippen LogP contribution in [0.3, 0.4) is 0 Å². The molecule has 0 fully saturated rings. The molecule has 0 aliphatic carbocycles. The van der Waals surface area contributed by atoms with Gasteiger partial charge in [0.1, 0.15) is 4.21 Å². The molecule has 0 saturated carbocycles. The van der Waals surface area contributed by atoms with Gasteiger partial charge in [0.05, 0.1) is 11.4 Å². The average molecular weight is 376 g/mol. The van der Waals surface area contributed by atoms with Crippen molar-refractivity contribution in [2.45, 2.75) is 17.1 Å². The Morgan fingerprint density at radius 2 is 1.92 bits per heavy atom. The molecule has 0 spiro atoms. The SMILES string of the molecule is CN(CCCc1cc(-c2ccccc2)n(C)n1)S(=O)(=O)c1cccs1. The number of aromatic nitrogens is 2. The first-order chi connectivity index (χ1) is 12.0. The molecule has 3 rings (SSSR count). The Morgan fingerprint density at radius 1 is 1.16 bits per heavy atom. The molecule has 3 aromatic rings. The highest BCUT2D eigenvalue weighted by Gasteiger charge is 2.21. The number of benzene rings is 1. The molecule has 0 saturated heterocycles. The van der Waals surface area contributed by atoms with E-state index < -0.39 is 10.0 Å². The second-order valence-corrected chi connectivity index (χ2v) is 9.09. The molecule has 132 valence electrons. The van der Waals surface area contributed by atoms with Crippen LogP contribution in [0, 0.1) is 0 Å². The fraction of sp³-hybridized carbons (Fsp3) is 0.278. The van der Waals surface area contributed by atoms with Crippen LogP contribution < -0.4 is 0 Å². The van der Waals surface area contributed by atoms with Crippen molar-refractivity contribution in [3.05, 3.63) is 59.6 Å². The predicted octanol–water partition coefficient (Wildman–Crippen LogP) is 3.40. The largest absolute Gasteiger partial charge is 0.268 e. The number of sulfonamides is 1. The summed E-state index contributed by atoms with van der Waals surface area (Å²) in [6.45, 7) is 0.470. The molecule has 0 radical (unpaired) electrons. The molecule has 1 aromatic carbocycles. The van der Waals surface area contributed by atoms with E-state index in [0.717, 1.165) is 29.8 Å². The summed E-state index contributed by atoms with van der Waals surface area (Å²) in [7, 11) is 0.188. The van der Waals surface area contributed by atoms with E-state index in [1.165, 1.54) is 15.6 Å². The van der Waals surface area contributed by atoms with Crippen molar-refractivity contribution < 1.29 is 8.42 Å². The second-order valence-electron chi connectivity index (χ2n) is 5.87. The standard InChI is InChI=1S/C18H21N3O2S2/c1-20(25(22,23)18-11-7-13-24-18)12-6-10-16-14-17(21(2)19-16)15-8-4-3-5-9-15/h3-5,7-9,11,13-14H,6,10,12H2,1-2H3. The summed E-state index contributed by atoms with van der Waals surface area (Å²) in [5.41, 5.74) is 3.17. The third kappa shape index (κ3) is 4.00. The van der Waals surface area contributed by atoms with Gasteiger partial charge in [-0.1, -0.05) is 36.4 Å². The van der Waals surface area contributed by atoms with E-state index in [1.54, 1.807) is 24.6 Å². The summed E-state index contributed by atoms with van der Waals surface area (Å²) in [5.74, 6) is 0. The van der Waals surface area contributed by atoms with Crippen molar-refractivity contribution in [2.75, 3.05) is 13.6 Å². The van der Waals surface area contributed by atoms with Gasteiger partial charge >= 0.3 is 0 Å². The van der Waals surface area contributed by atoms with Crippen LogP contribution in [0.5, 0.6) is 0 Å². The quantitative estimate of drug-likeness (QED) is 0.636. The Labute approximate surface area is 152 Å². The Morgan fingerprint density at radius 3 is 2.60 bits per heavy atom. The van der Waals surface area contributed by atoms with Gasteiger partial charge in [-0.05, 0) is 35.9 Å². The molecule has 25 heavy (non-hydrogen) atoms. The highest BCUT2D eigenvalue weighted by molar-refractivity contribution is 7.91. The molecule has 2 heterocycles. The molecule has 0 aliphatic rings. The van der Waals surface area contributed by atoms with Gasteiger partial charge in [-0.15, -0.1) is 11.3 Å². The first-order valence-corrected chi connectivity index (χ1v) is 10.4. The number of aryl methyl sites for hydroxylation is 2. The van der Waals surface area contributed by atoms with E-state index in [1.807, 2.05) is 29.9 Å². The molecule has 7 heteroatoms. The Kier molecular flexibility index (Phi) is 5.36. The summed E-state index contributed by atoms with van der Waals surface area (Å²) < 4.78 is 28.5. The zero-order chi connectivity index (χ0) is 17.9. The highest BCUT2D eigenvalue weighted by atomic mass is 32.2. The van der Waals surface area contributed by atoms with Crippen LogP contribution in [-0.2, 0) is 23.5 Å². The fourth-order valence-electron chi connectivity index (χ4n) is 2.69. The number of hydrogen-bond acceptors (Lipinski definition) is 4. The van der Waals surface area contributed by atoms with Crippen LogP contribution in [-0.4, -0.2) is 36.1 Å². The molecular weight excluding hydrogens is 354 g/mol. The van der Waals surface area contributed by atoms with E-state index in [2.05, 4.69) is 23.3 Å². The lowest BCUT2D eigenvalue weighted by atomic mass is 10.1. The Balaban J connectivity index is 1.61. The van der Waals surface area contributed by atoms with E-state index in [0.29, 0.717) is 10.8 Å². The van der Waals surface area contributed by atoms with Gasteiger partial charge in [0.2, 0.25) is 0 Å². The van der Waals surface area contributed by atoms with Crippen molar-refractivity contribution in [1.82, 2.24) is 14.1 Å². The van der Waals surface area contributed by atoms with Gasteiger partial charge in [-0.25, -0.2) is 12.7 Å². The Bertz CT molecular complexity index is 917. The molecule has 0 amide bonds. The van der Waals surface area contributed by atoms with Gasteiger partial charge in [0.15, 0.2) is 0 Å². The van der Waals surface area contributed by atoms with Gasteiger partial charge < -0.3 is 0 Å². The van der Waals surface area contributed by atoms with E-state index >= 15 is 0 Å². The van der Waals surface area contributed by atoms with Crippen LogP contribution in [0.15, 0.2) is 58.1 Å². The molecule has 0 aliphatic heterocycles. The number of thiophene rings is 1. The zero-order valence-corrected chi connectivity index (χ0v) is 15.9. The minimum Gasteiger partial charge on any atom is -0.268 e. The van der Waals surface area contributed by atoms with Crippen molar-refractivity contribution in [2.24, 2.45) is 7.05 Å². The molecule has 0 N–H and O–H groups in total. The van der Waals surface area contributed by atoms with E-state index in [4.69, 9.17) is 0 Å². The van der Waals surface area contributed by atoms with Crippen molar-refractivity contribution in [1.29, 1.82) is 0 Å². The number of hydrogen-bond donors (Lipinski definition) is 0. The summed E-state index contributed by atoms with van der Waals surface area (Å²) in [5, 5.41) is 6.32. The van der Waals surface area contributed by atoms with Crippen LogP contribution in [0.1, 0.15) is 12.1 Å². The van der Waals surface area contributed by atoms with Crippen molar-refractivity contribution >= 4 is 21.4 Å². The third-order valence-electron chi connectivity index (χ3n) is 4.07. The lowest BCUT2D eigenvalue weighted by Gasteiger charge is -2.15. The van der Waals surface area contributed by atoms with Gasteiger partial charge in [-0.2, -0.15) is 5.10 Å². The lowest BCUT2D eigenvalue weighted by Crippen LogP contribution is -2.27. The number of rotatable bonds is 7. The molecule has 5 nitrogen and oxygen atoms in total. The predicted molar refractivity (Wildman–Crippen MR) is 101 cm³/mol. The van der Waals surface area contributed by atoms with Gasteiger partial charge in [-0.3, -0.25) is 4.68 Å². The first-order valence-electron chi connectivity index (χ1n) is 8.06. The van der Waals surface area contributed by atoms with Crippen LogP contribution >= 0.6 is 11.3 Å². The Hall–Kier alpha value is -1.96. The van der Waals surface area contributed by atoms with Crippen LogP contribution in [0.4, 0.5) is 0 Å². The smallest absolute Gasteiger partial charge is 0.252 e. The maximum absolute atomic E-state index is 12.4. The molecule has 0 atom stereocenters. The molecule has 2 aromatic heterocycles. The second kappa shape index (κ2) is 7.51. The maximum atomic E-state index is 12.4. The van der Waals surface area contributed by atoms with E-state index in [9.17, 15) is 8.42 Å². The molecule has 0 bridgehead atoms. The monoisotopic (exact) mass is 375 g/mol. The van der Waals surface area contributed by atoms with Crippen LogP contribution in [0.25, 0.3) is 11.3 Å². The van der Waals surface area contributed by atoms with E-state index in [-0.39, 0.29) is 0 Å². The summed E-state index contributed by atoms with van der Waals surface area (Å²) in [6, 6.07) is 15.6. The molecule has 0 unspecified atom stereocenters. The topological polar surface area (TPSA) is 55.2 Å². The summed E-state index contributed by atoms with van der Waals surface area (Å²) in [4.78, 5) is 0. The number of nitrogens with zero attached hydrogens (tertiary/aromatic N) is 3. The fourth-order valence-corrected chi connectivity index (χ4v) is 5.11. The van der Waals surface area contributed by atoms with Crippen molar-refractivity contribution in [3.63, 3.8) is 0 Å². The zero-order valence-electron chi connectivity index (χ0n) is 14.3. The normalized spacial score (nSPS) is 12.0. The minimum absolute atomic E-state index is 0.388. The maximum Gasteiger partial charge on any atom is 0.252 e.